The first-order valence-electron chi connectivity index (χ1n) is 4.97. The quantitative estimate of drug-likeness (QED) is 0.549. The van der Waals surface area contributed by atoms with Crippen LogP contribution < -0.4 is 5.32 Å². The van der Waals surface area contributed by atoms with Crippen molar-refractivity contribution in [2.75, 3.05) is 6.54 Å². The summed E-state index contributed by atoms with van der Waals surface area (Å²) in [6.45, 7) is 1.76. The normalized spacial score (nSPS) is 12.1. The van der Waals surface area contributed by atoms with E-state index >= 15 is 0 Å². The molecule has 0 aromatic heterocycles. The molecule has 0 spiro atoms. The summed E-state index contributed by atoms with van der Waals surface area (Å²) in [5, 5.41) is 29.7. The smallest absolute Gasteiger partial charge is 0.248 e. The lowest BCUT2D eigenvalue weighted by atomic mass is 10.1. The van der Waals surface area contributed by atoms with E-state index in [9.17, 15) is 9.90 Å². The molecule has 1 aromatic carbocycles. The van der Waals surface area contributed by atoms with Crippen LogP contribution in [-0.2, 0) is 11.2 Å². The average Bonchev–Trinajstić information content (AvgIpc) is 2.23. The fraction of sp³-hybridized carbons (Fsp3) is 0.364. The van der Waals surface area contributed by atoms with Crippen molar-refractivity contribution in [3.8, 4) is 11.5 Å². The fourth-order valence-electron chi connectivity index (χ4n) is 1.20. The summed E-state index contributed by atoms with van der Waals surface area (Å²) in [6, 6.07) is 4.48. The maximum absolute atomic E-state index is 11.0. The van der Waals surface area contributed by atoms with Gasteiger partial charge >= 0.3 is 0 Å². The van der Waals surface area contributed by atoms with Crippen LogP contribution in [0.15, 0.2) is 18.2 Å². The number of hydrogen-bond acceptors (Lipinski definition) is 4. The number of phenols is 2. The molecule has 5 heteroatoms. The van der Waals surface area contributed by atoms with Crippen LogP contribution in [0.25, 0.3) is 0 Å². The third-order valence-corrected chi connectivity index (χ3v) is 2.13. The number of aliphatic hydroxyl groups excluding tert-OH is 1. The SMILES string of the molecule is C[C@H](O)C(=O)NCCc1ccc(O)c(O)c1. The van der Waals surface area contributed by atoms with Crippen molar-refractivity contribution in [3.05, 3.63) is 23.8 Å². The van der Waals surface area contributed by atoms with Gasteiger partial charge in [0.1, 0.15) is 6.10 Å². The van der Waals surface area contributed by atoms with E-state index in [1.54, 1.807) is 6.07 Å². The largest absolute Gasteiger partial charge is 0.504 e. The zero-order valence-corrected chi connectivity index (χ0v) is 8.97. The van der Waals surface area contributed by atoms with Crippen molar-refractivity contribution in [1.29, 1.82) is 0 Å². The first-order chi connectivity index (χ1) is 7.50. The van der Waals surface area contributed by atoms with Gasteiger partial charge in [0, 0.05) is 6.54 Å². The number of aromatic hydroxyl groups is 2. The highest BCUT2D eigenvalue weighted by molar-refractivity contribution is 5.79. The number of amides is 1. The summed E-state index contributed by atoms with van der Waals surface area (Å²) < 4.78 is 0. The summed E-state index contributed by atoms with van der Waals surface area (Å²) in [4.78, 5) is 11.0. The molecule has 0 aliphatic heterocycles. The van der Waals surface area contributed by atoms with Crippen molar-refractivity contribution in [3.63, 3.8) is 0 Å². The van der Waals surface area contributed by atoms with Crippen LogP contribution in [0.3, 0.4) is 0 Å². The van der Waals surface area contributed by atoms with Crippen LogP contribution in [-0.4, -0.2) is 33.9 Å². The van der Waals surface area contributed by atoms with Gasteiger partial charge in [-0.05, 0) is 31.0 Å². The molecule has 0 saturated heterocycles. The van der Waals surface area contributed by atoms with E-state index in [2.05, 4.69) is 5.32 Å². The van der Waals surface area contributed by atoms with Crippen molar-refractivity contribution in [1.82, 2.24) is 5.32 Å². The minimum Gasteiger partial charge on any atom is -0.504 e. The lowest BCUT2D eigenvalue weighted by molar-refractivity contribution is -0.128. The van der Waals surface area contributed by atoms with Gasteiger partial charge in [0.05, 0.1) is 0 Å². The number of aliphatic hydroxyl groups is 1. The van der Waals surface area contributed by atoms with Gasteiger partial charge in [-0.1, -0.05) is 6.07 Å². The zero-order valence-electron chi connectivity index (χ0n) is 8.97. The van der Waals surface area contributed by atoms with Crippen molar-refractivity contribution in [2.45, 2.75) is 19.4 Å². The van der Waals surface area contributed by atoms with E-state index < -0.39 is 12.0 Å². The fourth-order valence-corrected chi connectivity index (χ4v) is 1.20. The van der Waals surface area contributed by atoms with Gasteiger partial charge in [-0.2, -0.15) is 0 Å². The maximum atomic E-state index is 11.0. The Balaban J connectivity index is 2.43. The van der Waals surface area contributed by atoms with Crippen molar-refractivity contribution in [2.24, 2.45) is 0 Å². The van der Waals surface area contributed by atoms with Crippen LogP contribution in [0, 0.1) is 0 Å². The van der Waals surface area contributed by atoms with Crippen LogP contribution in [0.5, 0.6) is 11.5 Å². The first kappa shape index (κ1) is 12.3. The molecule has 0 aliphatic carbocycles. The Labute approximate surface area is 93.4 Å². The summed E-state index contributed by atoms with van der Waals surface area (Å²) >= 11 is 0. The van der Waals surface area contributed by atoms with Gasteiger partial charge in [-0.25, -0.2) is 0 Å². The summed E-state index contributed by atoms with van der Waals surface area (Å²) in [5.74, 6) is -0.779. The molecule has 0 saturated carbocycles. The summed E-state index contributed by atoms with van der Waals surface area (Å²) in [6.07, 6.45) is -0.500. The molecule has 0 heterocycles. The minimum absolute atomic E-state index is 0.170. The third-order valence-electron chi connectivity index (χ3n) is 2.13. The molecule has 1 rings (SSSR count). The van der Waals surface area contributed by atoms with Gasteiger partial charge in [0.25, 0.3) is 0 Å². The Morgan fingerprint density at radius 3 is 2.62 bits per heavy atom. The molecule has 0 unspecified atom stereocenters. The van der Waals surface area contributed by atoms with Crippen LogP contribution in [0.4, 0.5) is 0 Å². The predicted octanol–water partition coefficient (Wildman–Crippen LogP) is 0.137. The standard InChI is InChI=1S/C11H15NO4/c1-7(13)11(16)12-5-4-8-2-3-9(14)10(15)6-8/h2-3,6-7,13-15H,4-5H2,1H3,(H,12,16)/t7-/m0/s1. The van der Waals surface area contributed by atoms with Gasteiger partial charge in [-0.15, -0.1) is 0 Å². The van der Waals surface area contributed by atoms with Crippen molar-refractivity contribution >= 4 is 5.91 Å². The molecule has 88 valence electrons. The molecular weight excluding hydrogens is 210 g/mol. The van der Waals surface area contributed by atoms with E-state index in [1.807, 2.05) is 0 Å². The Kier molecular flexibility index (Phi) is 4.13. The lowest BCUT2D eigenvalue weighted by Crippen LogP contribution is -2.33. The second-order valence-electron chi connectivity index (χ2n) is 3.54. The number of carbonyl (C=O) groups is 1. The lowest BCUT2D eigenvalue weighted by Gasteiger charge is -2.07. The minimum atomic E-state index is -1.02. The summed E-state index contributed by atoms with van der Waals surface area (Å²) in [5.41, 5.74) is 0.793. The van der Waals surface area contributed by atoms with Gasteiger partial charge in [0.15, 0.2) is 11.5 Å². The van der Waals surface area contributed by atoms with Gasteiger partial charge < -0.3 is 20.6 Å². The monoisotopic (exact) mass is 225 g/mol. The Morgan fingerprint density at radius 2 is 2.06 bits per heavy atom. The van der Waals surface area contributed by atoms with E-state index in [-0.39, 0.29) is 11.5 Å². The highest BCUT2D eigenvalue weighted by Crippen LogP contribution is 2.24. The molecule has 5 nitrogen and oxygen atoms in total. The molecule has 0 aliphatic rings. The number of rotatable bonds is 4. The number of carbonyl (C=O) groups excluding carboxylic acids is 1. The molecule has 0 radical (unpaired) electrons. The third kappa shape index (κ3) is 3.43. The second-order valence-corrected chi connectivity index (χ2v) is 3.54. The molecule has 0 fully saturated rings. The van der Waals surface area contributed by atoms with E-state index in [0.29, 0.717) is 13.0 Å². The first-order valence-corrected chi connectivity index (χ1v) is 4.97. The Bertz CT molecular complexity index is 376. The molecule has 1 aromatic rings. The van der Waals surface area contributed by atoms with E-state index in [4.69, 9.17) is 10.2 Å². The number of nitrogens with one attached hydrogen (secondary N) is 1. The molecule has 4 N–H and O–H groups in total. The summed E-state index contributed by atoms with van der Waals surface area (Å²) in [7, 11) is 0. The number of benzene rings is 1. The number of hydrogen-bond donors (Lipinski definition) is 4. The topological polar surface area (TPSA) is 89.8 Å². The highest BCUT2D eigenvalue weighted by Gasteiger charge is 2.07. The predicted molar refractivity (Wildman–Crippen MR) is 58.2 cm³/mol. The average molecular weight is 225 g/mol. The van der Waals surface area contributed by atoms with Crippen LogP contribution in [0.1, 0.15) is 12.5 Å². The van der Waals surface area contributed by atoms with Gasteiger partial charge in [-0.3, -0.25) is 4.79 Å². The van der Waals surface area contributed by atoms with E-state index in [0.717, 1.165) is 5.56 Å². The van der Waals surface area contributed by atoms with Crippen LogP contribution in [0.2, 0.25) is 0 Å². The van der Waals surface area contributed by atoms with Crippen molar-refractivity contribution < 1.29 is 20.1 Å². The van der Waals surface area contributed by atoms with Crippen LogP contribution >= 0.6 is 0 Å². The molecule has 1 atom stereocenters. The molecular formula is C11H15NO4. The van der Waals surface area contributed by atoms with Gasteiger partial charge in [0.2, 0.25) is 5.91 Å². The Morgan fingerprint density at radius 1 is 1.38 bits per heavy atom. The molecule has 0 bridgehead atoms. The van der Waals surface area contributed by atoms with E-state index in [1.165, 1.54) is 19.1 Å². The second kappa shape index (κ2) is 5.37. The Hall–Kier alpha value is -1.75. The molecule has 16 heavy (non-hydrogen) atoms. The molecule has 1 amide bonds. The highest BCUT2D eigenvalue weighted by atomic mass is 16.3. The maximum Gasteiger partial charge on any atom is 0.248 e. The number of phenolic OH excluding ortho intramolecular Hbond substituents is 2. The zero-order chi connectivity index (χ0) is 12.1.